The molecule has 2 amide bonds. The van der Waals surface area contributed by atoms with Crippen molar-refractivity contribution in [2.24, 2.45) is 5.92 Å². The average Bonchev–Trinajstić information content (AvgIpc) is 3.14. The summed E-state index contributed by atoms with van der Waals surface area (Å²) >= 11 is 0. The van der Waals surface area contributed by atoms with E-state index in [4.69, 9.17) is 0 Å². The first-order chi connectivity index (χ1) is 12.3. The molecule has 2 aromatic rings. The Morgan fingerprint density at radius 1 is 1.20 bits per heavy atom. The van der Waals surface area contributed by atoms with E-state index in [0.29, 0.717) is 13.1 Å². The fourth-order valence-electron chi connectivity index (χ4n) is 3.46. The quantitative estimate of drug-likeness (QED) is 0.753. The Bertz CT molecular complexity index is 672. The van der Waals surface area contributed by atoms with Gasteiger partial charge in [0.05, 0.1) is 6.54 Å². The number of nitrogens with zero attached hydrogens (tertiary/aromatic N) is 2. The summed E-state index contributed by atoms with van der Waals surface area (Å²) in [6.07, 6.45) is 7.84. The van der Waals surface area contributed by atoms with Crippen LogP contribution in [-0.4, -0.2) is 33.6 Å². The van der Waals surface area contributed by atoms with Gasteiger partial charge in [-0.1, -0.05) is 37.1 Å². The van der Waals surface area contributed by atoms with Crippen LogP contribution < -0.4 is 10.6 Å². The van der Waals surface area contributed by atoms with E-state index >= 15 is 0 Å². The van der Waals surface area contributed by atoms with Gasteiger partial charge in [-0.25, -0.2) is 4.79 Å². The van der Waals surface area contributed by atoms with E-state index in [1.165, 1.54) is 0 Å². The van der Waals surface area contributed by atoms with Crippen molar-refractivity contribution in [3.63, 3.8) is 0 Å². The predicted octanol–water partition coefficient (Wildman–Crippen LogP) is 2.28. The third kappa shape index (κ3) is 4.82. The lowest BCUT2D eigenvalue weighted by molar-refractivity contribution is 0.153. The molecule has 134 valence electrons. The molecular weight excluding hydrogens is 316 g/mol. The van der Waals surface area contributed by atoms with Crippen LogP contribution in [-0.2, 0) is 13.1 Å². The van der Waals surface area contributed by atoms with E-state index < -0.39 is 0 Å². The van der Waals surface area contributed by atoms with E-state index in [-0.39, 0.29) is 24.6 Å². The number of aliphatic hydroxyl groups is 1. The van der Waals surface area contributed by atoms with Gasteiger partial charge in [-0.2, -0.15) is 5.10 Å². The third-order valence-electron chi connectivity index (χ3n) is 4.91. The Kier molecular flexibility index (Phi) is 6.06. The van der Waals surface area contributed by atoms with Gasteiger partial charge in [-0.15, -0.1) is 0 Å². The number of hydrogen-bond donors (Lipinski definition) is 3. The smallest absolute Gasteiger partial charge is 0.315 e. The van der Waals surface area contributed by atoms with Crippen molar-refractivity contribution in [2.45, 2.75) is 44.8 Å². The molecule has 6 nitrogen and oxygen atoms in total. The standard InChI is InChI=1S/C19H26N4O2/c24-14-17-8-3-4-9-18(17)22-19(25)20-12-15-6-1-2-7-16(15)13-23-11-5-10-21-23/h1-2,5-7,10-11,17-18,24H,3-4,8-9,12-14H2,(H2,20,22,25). The molecule has 1 aromatic carbocycles. The highest BCUT2D eigenvalue weighted by Crippen LogP contribution is 2.23. The molecule has 0 saturated heterocycles. The van der Waals surface area contributed by atoms with Crippen LogP contribution in [0.1, 0.15) is 36.8 Å². The summed E-state index contributed by atoms with van der Waals surface area (Å²) in [5.41, 5.74) is 2.22. The van der Waals surface area contributed by atoms with Gasteiger partial charge in [0, 0.05) is 37.5 Å². The van der Waals surface area contributed by atoms with Gasteiger partial charge in [-0.3, -0.25) is 4.68 Å². The van der Waals surface area contributed by atoms with Gasteiger partial charge in [0.25, 0.3) is 0 Å². The van der Waals surface area contributed by atoms with Crippen LogP contribution in [0.5, 0.6) is 0 Å². The highest BCUT2D eigenvalue weighted by atomic mass is 16.3. The maximum atomic E-state index is 12.3. The summed E-state index contributed by atoms with van der Waals surface area (Å²) in [7, 11) is 0. The van der Waals surface area contributed by atoms with Gasteiger partial charge in [0.2, 0.25) is 0 Å². The van der Waals surface area contributed by atoms with Crippen molar-refractivity contribution in [3.8, 4) is 0 Å². The zero-order valence-corrected chi connectivity index (χ0v) is 14.4. The van der Waals surface area contributed by atoms with Crippen LogP contribution in [0.3, 0.4) is 0 Å². The Morgan fingerprint density at radius 3 is 2.76 bits per heavy atom. The molecule has 0 spiro atoms. The minimum Gasteiger partial charge on any atom is -0.396 e. The first kappa shape index (κ1) is 17.5. The SMILES string of the molecule is O=C(NCc1ccccc1Cn1cccn1)NC1CCCCC1CO. The number of aliphatic hydroxyl groups excluding tert-OH is 1. The molecule has 25 heavy (non-hydrogen) atoms. The highest BCUT2D eigenvalue weighted by molar-refractivity contribution is 5.74. The first-order valence-electron chi connectivity index (χ1n) is 8.95. The largest absolute Gasteiger partial charge is 0.396 e. The van der Waals surface area contributed by atoms with Crippen molar-refractivity contribution in [2.75, 3.05) is 6.61 Å². The van der Waals surface area contributed by atoms with Gasteiger partial charge >= 0.3 is 6.03 Å². The minimum atomic E-state index is -0.167. The fourth-order valence-corrected chi connectivity index (χ4v) is 3.46. The third-order valence-corrected chi connectivity index (χ3v) is 4.91. The molecule has 3 N–H and O–H groups in total. The number of rotatable bonds is 6. The Morgan fingerprint density at radius 2 is 2.00 bits per heavy atom. The zero-order chi connectivity index (χ0) is 17.5. The molecule has 1 fully saturated rings. The van der Waals surface area contributed by atoms with Crippen LogP contribution in [0.15, 0.2) is 42.7 Å². The normalized spacial score (nSPS) is 20.2. The molecule has 6 heteroatoms. The second-order valence-electron chi connectivity index (χ2n) is 6.63. The molecular formula is C19H26N4O2. The second kappa shape index (κ2) is 8.67. The van der Waals surface area contributed by atoms with Crippen molar-refractivity contribution in [3.05, 3.63) is 53.9 Å². The molecule has 0 aliphatic heterocycles. The molecule has 2 atom stereocenters. The molecule has 0 radical (unpaired) electrons. The molecule has 2 unspecified atom stereocenters. The molecule has 1 aromatic heterocycles. The van der Waals surface area contributed by atoms with Crippen LogP contribution in [0.2, 0.25) is 0 Å². The Labute approximate surface area is 148 Å². The van der Waals surface area contributed by atoms with E-state index in [9.17, 15) is 9.90 Å². The van der Waals surface area contributed by atoms with Gasteiger partial charge in [0.1, 0.15) is 0 Å². The summed E-state index contributed by atoms with van der Waals surface area (Å²) in [5.74, 6) is 0.173. The molecule has 1 aliphatic rings. The average molecular weight is 342 g/mol. The van der Waals surface area contributed by atoms with Crippen molar-refractivity contribution in [1.82, 2.24) is 20.4 Å². The van der Waals surface area contributed by atoms with Crippen molar-refractivity contribution in [1.29, 1.82) is 0 Å². The lowest BCUT2D eigenvalue weighted by Crippen LogP contribution is -2.47. The number of carbonyl (C=O) groups is 1. The summed E-state index contributed by atoms with van der Waals surface area (Å²) in [4.78, 5) is 12.3. The number of nitrogens with one attached hydrogen (secondary N) is 2. The fraction of sp³-hybridized carbons (Fsp3) is 0.474. The maximum Gasteiger partial charge on any atom is 0.315 e. The van der Waals surface area contributed by atoms with E-state index in [0.717, 1.165) is 36.8 Å². The number of carbonyl (C=O) groups excluding carboxylic acids is 1. The van der Waals surface area contributed by atoms with Gasteiger partial charge < -0.3 is 15.7 Å². The molecule has 0 bridgehead atoms. The number of aromatic nitrogens is 2. The van der Waals surface area contributed by atoms with E-state index in [1.807, 2.05) is 35.1 Å². The first-order valence-corrected chi connectivity index (χ1v) is 8.95. The summed E-state index contributed by atoms with van der Waals surface area (Å²) in [6, 6.07) is 9.85. The lowest BCUT2D eigenvalue weighted by Gasteiger charge is -2.30. The van der Waals surface area contributed by atoms with Crippen LogP contribution in [0.4, 0.5) is 4.79 Å². The maximum absolute atomic E-state index is 12.3. The molecule has 1 saturated carbocycles. The zero-order valence-electron chi connectivity index (χ0n) is 14.4. The van der Waals surface area contributed by atoms with E-state index in [1.54, 1.807) is 6.20 Å². The molecule has 1 heterocycles. The Balaban J connectivity index is 1.55. The predicted molar refractivity (Wildman–Crippen MR) is 96.0 cm³/mol. The van der Waals surface area contributed by atoms with Gasteiger partial charge in [0.15, 0.2) is 0 Å². The Hall–Kier alpha value is -2.34. The van der Waals surface area contributed by atoms with Crippen molar-refractivity contribution < 1.29 is 9.90 Å². The summed E-state index contributed by atoms with van der Waals surface area (Å²) in [6.45, 7) is 1.29. The monoisotopic (exact) mass is 342 g/mol. The van der Waals surface area contributed by atoms with Crippen LogP contribution in [0.25, 0.3) is 0 Å². The number of benzene rings is 1. The van der Waals surface area contributed by atoms with Gasteiger partial charge in [-0.05, 0) is 30.0 Å². The lowest BCUT2D eigenvalue weighted by atomic mass is 9.85. The topological polar surface area (TPSA) is 79.2 Å². The number of urea groups is 1. The number of amides is 2. The second-order valence-corrected chi connectivity index (χ2v) is 6.63. The highest BCUT2D eigenvalue weighted by Gasteiger charge is 2.25. The van der Waals surface area contributed by atoms with Crippen molar-refractivity contribution >= 4 is 6.03 Å². The number of hydrogen-bond acceptors (Lipinski definition) is 3. The summed E-state index contributed by atoms with van der Waals surface area (Å²) in [5, 5.41) is 19.7. The van der Waals surface area contributed by atoms with E-state index in [2.05, 4.69) is 21.8 Å². The molecule has 1 aliphatic carbocycles. The van der Waals surface area contributed by atoms with Crippen LogP contribution >= 0.6 is 0 Å². The summed E-state index contributed by atoms with van der Waals surface area (Å²) < 4.78 is 1.87. The van der Waals surface area contributed by atoms with Crippen LogP contribution in [0, 0.1) is 5.92 Å². The minimum absolute atomic E-state index is 0.0677. The molecule has 3 rings (SSSR count).